The Kier molecular flexibility index (Phi) is 3.43. The number of hydrogen-bond donors (Lipinski definition) is 1. The van der Waals surface area contributed by atoms with Crippen LogP contribution in [-0.2, 0) is 9.63 Å². The van der Waals surface area contributed by atoms with Crippen molar-refractivity contribution < 1.29 is 9.63 Å². The fraction of sp³-hybridized carbons (Fsp3) is 0.600. The highest BCUT2D eigenvalue weighted by Crippen LogP contribution is 1.76. The van der Waals surface area contributed by atoms with Gasteiger partial charge in [-0.3, -0.25) is 4.79 Å². The molecule has 4 heteroatoms. The molecule has 9 heavy (non-hydrogen) atoms. The fourth-order valence-electron chi connectivity index (χ4n) is 0.225. The van der Waals surface area contributed by atoms with Crippen LogP contribution in [0.15, 0.2) is 5.16 Å². The maximum absolute atomic E-state index is 10.2. The van der Waals surface area contributed by atoms with Gasteiger partial charge in [-0.1, -0.05) is 5.16 Å². The van der Waals surface area contributed by atoms with Crippen LogP contribution in [0, 0.1) is 0 Å². The molecular formula is C5H10N2O2. The maximum Gasteiger partial charge on any atom is 0.175 e. The molecule has 0 aliphatic carbocycles. The van der Waals surface area contributed by atoms with E-state index in [0.29, 0.717) is 5.84 Å². The van der Waals surface area contributed by atoms with Crippen LogP contribution < -0.4 is 5.73 Å². The molecule has 0 spiro atoms. The Morgan fingerprint density at radius 2 is 2.22 bits per heavy atom. The molecule has 0 aliphatic heterocycles. The Morgan fingerprint density at radius 1 is 1.67 bits per heavy atom. The summed E-state index contributed by atoms with van der Waals surface area (Å²) in [6, 6.07) is 0. The van der Waals surface area contributed by atoms with Gasteiger partial charge in [-0.05, 0) is 13.8 Å². The van der Waals surface area contributed by atoms with Gasteiger partial charge in [-0.15, -0.1) is 0 Å². The number of nitrogens with zero attached hydrogens (tertiary/aromatic N) is 1. The molecule has 0 aromatic heterocycles. The molecule has 0 aliphatic rings. The summed E-state index contributed by atoms with van der Waals surface area (Å²) >= 11 is 0. The Labute approximate surface area is 53.7 Å². The molecule has 4 nitrogen and oxygen atoms in total. The van der Waals surface area contributed by atoms with Crippen molar-refractivity contribution >= 4 is 11.6 Å². The molecule has 0 unspecified atom stereocenters. The van der Waals surface area contributed by atoms with E-state index in [-0.39, 0.29) is 12.4 Å². The van der Waals surface area contributed by atoms with Crippen molar-refractivity contribution in [2.75, 3.05) is 6.61 Å². The molecule has 0 saturated carbocycles. The molecule has 52 valence electrons. The van der Waals surface area contributed by atoms with Gasteiger partial charge in [0, 0.05) is 0 Å². The van der Waals surface area contributed by atoms with Gasteiger partial charge in [0.15, 0.2) is 12.4 Å². The SMILES string of the molecule is CC(=O)CO/N=C(/C)N. The van der Waals surface area contributed by atoms with Crippen molar-refractivity contribution in [3.8, 4) is 0 Å². The van der Waals surface area contributed by atoms with Crippen LogP contribution in [0.4, 0.5) is 0 Å². The first-order chi connectivity index (χ1) is 4.13. The number of oxime groups is 1. The molecule has 0 heterocycles. The van der Waals surface area contributed by atoms with E-state index < -0.39 is 0 Å². The molecule has 0 aromatic rings. The molecule has 0 bridgehead atoms. The smallest absolute Gasteiger partial charge is 0.175 e. The molecule has 0 saturated heterocycles. The Balaban J connectivity index is 3.31. The lowest BCUT2D eigenvalue weighted by atomic mass is 10.5. The highest BCUT2D eigenvalue weighted by Gasteiger charge is 1.89. The predicted octanol–water partition coefficient (Wildman–Crippen LogP) is -0.116. The summed E-state index contributed by atoms with van der Waals surface area (Å²) in [7, 11) is 0. The topological polar surface area (TPSA) is 64.7 Å². The third-order valence-corrected chi connectivity index (χ3v) is 0.476. The number of nitrogens with two attached hydrogens (primary N) is 1. The van der Waals surface area contributed by atoms with E-state index in [1.807, 2.05) is 0 Å². The van der Waals surface area contributed by atoms with Crippen LogP contribution in [0.25, 0.3) is 0 Å². The van der Waals surface area contributed by atoms with Gasteiger partial charge in [-0.2, -0.15) is 0 Å². The van der Waals surface area contributed by atoms with Crippen molar-refractivity contribution in [2.24, 2.45) is 10.9 Å². The summed E-state index contributed by atoms with van der Waals surface area (Å²) in [6.07, 6.45) is 0. The Bertz CT molecular complexity index is 127. The average Bonchev–Trinajstić information content (AvgIpc) is 1.63. The minimum atomic E-state index is -0.0694. The molecular weight excluding hydrogens is 120 g/mol. The summed E-state index contributed by atoms with van der Waals surface area (Å²) in [5.41, 5.74) is 5.09. The normalized spacial score (nSPS) is 11.1. The second-order valence-corrected chi connectivity index (χ2v) is 1.71. The zero-order valence-electron chi connectivity index (χ0n) is 5.55. The summed E-state index contributed by atoms with van der Waals surface area (Å²) < 4.78 is 0. The number of carbonyl (C=O) groups is 1. The van der Waals surface area contributed by atoms with Gasteiger partial charge >= 0.3 is 0 Å². The average molecular weight is 130 g/mol. The van der Waals surface area contributed by atoms with Gasteiger partial charge in [0.2, 0.25) is 0 Å². The molecule has 2 N–H and O–H groups in total. The minimum absolute atomic E-state index is 0.00542. The van der Waals surface area contributed by atoms with E-state index in [1.165, 1.54) is 6.92 Å². The Hall–Kier alpha value is -1.06. The predicted molar refractivity (Wildman–Crippen MR) is 33.9 cm³/mol. The van der Waals surface area contributed by atoms with Crippen molar-refractivity contribution in [1.29, 1.82) is 0 Å². The zero-order chi connectivity index (χ0) is 7.28. The first-order valence-electron chi connectivity index (χ1n) is 2.54. The lowest BCUT2D eigenvalue weighted by Crippen LogP contribution is -2.08. The van der Waals surface area contributed by atoms with E-state index >= 15 is 0 Å². The second-order valence-electron chi connectivity index (χ2n) is 1.71. The van der Waals surface area contributed by atoms with E-state index in [0.717, 1.165) is 0 Å². The highest BCUT2D eigenvalue weighted by atomic mass is 16.6. The lowest BCUT2D eigenvalue weighted by Gasteiger charge is -1.92. The monoisotopic (exact) mass is 130 g/mol. The molecule has 0 aromatic carbocycles. The van der Waals surface area contributed by atoms with Gasteiger partial charge in [0.1, 0.15) is 5.84 Å². The van der Waals surface area contributed by atoms with Gasteiger partial charge in [0.05, 0.1) is 0 Å². The van der Waals surface area contributed by atoms with Crippen molar-refractivity contribution in [3.63, 3.8) is 0 Å². The maximum atomic E-state index is 10.2. The van der Waals surface area contributed by atoms with E-state index in [1.54, 1.807) is 6.92 Å². The van der Waals surface area contributed by atoms with Gasteiger partial charge in [0.25, 0.3) is 0 Å². The third kappa shape index (κ3) is 6.94. The van der Waals surface area contributed by atoms with Gasteiger partial charge in [-0.25, -0.2) is 0 Å². The quantitative estimate of drug-likeness (QED) is 0.329. The molecule has 0 atom stereocenters. The summed E-state index contributed by atoms with van der Waals surface area (Å²) in [6.45, 7) is 3.00. The largest absolute Gasteiger partial charge is 0.386 e. The van der Waals surface area contributed by atoms with Crippen LogP contribution in [0.1, 0.15) is 13.8 Å². The number of Topliss-reactive ketones (excluding diaryl/α,β-unsaturated/α-hetero) is 1. The number of ketones is 1. The number of hydrogen-bond acceptors (Lipinski definition) is 3. The van der Waals surface area contributed by atoms with Crippen LogP contribution in [0.3, 0.4) is 0 Å². The lowest BCUT2D eigenvalue weighted by molar-refractivity contribution is -0.121. The van der Waals surface area contributed by atoms with E-state index in [9.17, 15) is 4.79 Å². The molecule has 0 radical (unpaired) electrons. The van der Waals surface area contributed by atoms with Crippen LogP contribution in [0.5, 0.6) is 0 Å². The van der Waals surface area contributed by atoms with Crippen molar-refractivity contribution in [1.82, 2.24) is 0 Å². The van der Waals surface area contributed by atoms with Crippen LogP contribution >= 0.6 is 0 Å². The molecule has 0 amide bonds. The standard InChI is InChI=1S/C5H10N2O2/c1-4(8)3-9-7-5(2)6/h3H2,1-2H3,(H2,6,7). The number of rotatable bonds is 3. The van der Waals surface area contributed by atoms with Crippen LogP contribution in [-0.4, -0.2) is 18.2 Å². The summed E-state index contributed by atoms with van der Waals surface area (Å²) in [5.74, 6) is 0.247. The summed E-state index contributed by atoms with van der Waals surface area (Å²) in [4.78, 5) is 14.7. The van der Waals surface area contributed by atoms with Crippen LogP contribution in [0.2, 0.25) is 0 Å². The number of amidine groups is 1. The third-order valence-electron chi connectivity index (χ3n) is 0.476. The van der Waals surface area contributed by atoms with Crippen molar-refractivity contribution in [3.05, 3.63) is 0 Å². The molecule has 0 fully saturated rings. The zero-order valence-corrected chi connectivity index (χ0v) is 5.55. The minimum Gasteiger partial charge on any atom is -0.386 e. The fourth-order valence-corrected chi connectivity index (χ4v) is 0.225. The second kappa shape index (κ2) is 3.88. The van der Waals surface area contributed by atoms with E-state index in [2.05, 4.69) is 9.99 Å². The first kappa shape index (κ1) is 7.94. The first-order valence-corrected chi connectivity index (χ1v) is 2.54. The molecule has 0 rings (SSSR count). The highest BCUT2D eigenvalue weighted by molar-refractivity contribution is 5.78. The Morgan fingerprint density at radius 3 is 2.56 bits per heavy atom. The number of carbonyl (C=O) groups excluding carboxylic acids is 1. The van der Waals surface area contributed by atoms with E-state index in [4.69, 9.17) is 5.73 Å². The summed E-state index contributed by atoms with van der Waals surface area (Å²) in [5, 5.41) is 3.34. The van der Waals surface area contributed by atoms with Crippen molar-refractivity contribution in [2.45, 2.75) is 13.8 Å². The van der Waals surface area contributed by atoms with Gasteiger partial charge < -0.3 is 10.6 Å².